The molecule has 0 saturated carbocycles. The van der Waals surface area contributed by atoms with Gasteiger partial charge in [-0.25, -0.2) is 9.67 Å². The minimum absolute atomic E-state index is 0.0998. The molecule has 2 aromatic carbocycles. The van der Waals surface area contributed by atoms with Crippen molar-refractivity contribution in [3.63, 3.8) is 0 Å². The molecule has 0 aliphatic rings. The van der Waals surface area contributed by atoms with Gasteiger partial charge in [0.2, 0.25) is 11.8 Å². The van der Waals surface area contributed by atoms with Crippen LogP contribution in [0.3, 0.4) is 0 Å². The molecule has 1 aromatic heterocycles. The molecule has 7 heteroatoms. The van der Waals surface area contributed by atoms with E-state index in [0.717, 1.165) is 5.56 Å². The first-order valence-electron chi connectivity index (χ1n) is 7.77. The molecule has 3 rings (SSSR count). The highest BCUT2D eigenvalue weighted by molar-refractivity contribution is 5.96. The number of para-hydroxylation sites is 2. The Hall–Kier alpha value is -3.48. The quantitative estimate of drug-likeness (QED) is 0.715. The van der Waals surface area contributed by atoms with Crippen LogP contribution in [0.1, 0.15) is 5.56 Å². The molecule has 0 atom stereocenters. The van der Waals surface area contributed by atoms with E-state index in [4.69, 9.17) is 0 Å². The Kier molecular flexibility index (Phi) is 5.16. The minimum Gasteiger partial charge on any atom is -0.347 e. The summed E-state index contributed by atoms with van der Waals surface area (Å²) >= 11 is 0. The topological polar surface area (TPSA) is 88.9 Å². The number of carbonyl (C=O) groups is 2. The number of anilines is 1. The Bertz CT molecular complexity index is 847. The van der Waals surface area contributed by atoms with Gasteiger partial charge in [0.25, 0.3) is 0 Å². The first-order chi connectivity index (χ1) is 12.2. The van der Waals surface area contributed by atoms with Gasteiger partial charge in [0.1, 0.15) is 12.7 Å². The summed E-state index contributed by atoms with van der Waals surface area (Å²) in [4.78, 5) is 27.9. The molecule has 0 unspecified atom stereocenters. The van der Waals surface area contributed by atoms with Crippen molar-refractivity contribution in [3.05, 3.63) is 72.8 Å². The number of nitrogens with one attached hydrogen (secondary N) is 2. The molecule has 0 aliphatic heterocycles. The Morgan fingerprint density at radius 1 is 0.960 bits per heavy atom. The molecule has 0 saturated heterocycles. The maximum atomic E-state index is 12.1. The number of benzene rings is 2. The second-order valence-electron chi connectivity index (χ2n) is 5.34. The molecular formula is C18H17N5O2. The van der Waals surface area contributed by atoms with Crippen LogP contribution in [-0.4, -0.2) is 33.1 Å². The second-order valence-corrected chi connectivity index (χ2v) is 5.34. The number of amides is 2. The zero-order chi connectivity index (χ0) is 17.5. The van der Waals surface area contributed by atoms with Gasteiger partial charge in [0.15, 0.2) is 0 Å². The van der Waals surface area contributed by atoms with Crippen molar-refractivity contribution < 1.29 is 9.59 Å². The molecule has 2 N–H and O–H groups in total. The van der Waals surface area contributed by atoms with E-state index in [1.807, 2.05) is 48.5 Å². The highest BCUT2D eigenvalue weighted by Gasteiger charge is 2.10. The molecule has 0 radical (unpaired) electrons. The van der Waals surface area contributed by atoms with Crippen molar-refractivity contribution in [1.82, 2.24) is 20.1 Å². The summed E-state index contributed by atoms with van der Waals surface area (Å²) in [6.07, 6.45) is 3.21. The molecule has 0 spiro atoms. The highest BCUT2D eigenvalue weighted by Crippen LogP contribution is 2.18. The largest absolute Gasteiger partial charge is 0.347 e. The van der Waals surface area contributed by atoms with E-state index in [9.17, 15) is 9.59 Å². The van der Waals surface area contributed by atoms with Gasteiger partial charge in [-0.3, -0.25) is 9.59 Å². The van der Waals surface area contributed by atoms with Gasteiger partial charge < -0.3 is 10.6 Å². The molecule has 25 heavy (non-hydrogen) atoms. The molecule has 0 aliphatic carbocycles. The predicted octanol–water partition coefficient (Wildman–Crippen LogP) is 1.56. The van der Waals surface area contributed by atoms with Gasteiger partial charge in [-0.2, -0.15) is 5.10 Å². The summed E-state index contributed by atoms with van der Waals surface area (Å²) in [7, 11) is 0. The number of aromatic nitrogens is 3. The fourth-order valence-corrected chi connectivity index (χ4v) is 2.33. The molecule has 126 valence electrons. The highest BCUT2D eigenvalue weighted by atomic mass is 16.2. The van der Waals surface area contributed by atoms with Crippen LogP contribution in [0, 0.1) is 0 Å². The van der Waals surface area contributed by atoms with E-state index in [2.05, 4.69) is 20.7 Å². The smallest absolute Gasteiger partial charge is 0.243 e. The molecule has 0 bridgehead atoms. The van der Waals surface area contributed by atoms with Crippen LogP contribution in [0.5, 0.6) is 0 Å². The average molecular weight is 335 g/mol. The van der Waals surface area contributed by atoms with Crippen molar-refractivity contribution in [1.29, 1.82) is 0 Å². The number of carbonyl (C=O) groups excluding carboxylic acids is 2. The van der Waals surface area contributed by atoms with Crippen molar-refractivity contribution in [3.8, 4) is 5.69 Å². The number of hydrogen-bond donors (Lipinski definition) is 2. The molecule has 7 nitrogen and oxygen atoms in total. The van der Waals surface area contributed by atoms with E-state index in [0.29, 0.717) is 11.4 Å². The minimum atomic E-state index is -0.311. The van der Waals surface area contributed by atoms with Gasteiger partial charge in [0.05, 0.1) is 24.3 Å². The van der Waals surface area contributed by atoms with Gasteiger partial charge in [-0.05, 0) is 17.7 Å². The Balaban J connectivity index is 1.56. The second kappa shape index (κ2) is 7.87. The van der Waals surface area contributed by atoms with Crippen LogP contribution in [0.25, 0.3) is 5.69 Å². The molecule has 0 fully saturated rings. The van der Waals surface area contributed by atoms with Gasteiger partial charge in [-0.15, -0.1) is 0 Å². The summed E-state index contributed by atoms with van der Waals surface area (Å²) in [5, 5.41) is 9.46. The van der Waals surface area contributed by atoms with Crippen LogP contribution in [0.2, 0.25) is 0 Å². The SMILES string of the molecule is O=C(Cc1ccccc1)NCC(=O)Nc1ccccc1-n1cncn1. The monoisotopic (exact) mass is 335 g/mol. The van der Waals surface area contributed by atoms with E-state index in [1.54, 1.807) is 17.1 Å². The molecule has 1 heterocycles. The lowest BCUT2D eigenvalue weighted by molar-refractivity contribution is -0.123. The average Bonchev–Trinajstić information content (AvgIpc) is 3.16. The third-order valence-electron chi connectivity index (χ3n) is 3.50. The zero-order valence-corrected chi connectivity index (χ0v) is 13.4. The van der Waals surface area contributed by atoms with Gasteiger partial charge in [-0.1, -0.05) is 42.5 Å². The van der Waals surface area contributed by atoms with Crippen LogP contribution < -0.4 is 10.6 Å². The first kappa shape index (κ1) is 16.4. The Morgan fingerprint density at radius 2 is 1.72 bits per heavy atom. The summed E-state index contributed by atoms with van der Waals surface area (Å²) in [6, 6.07) is 16.6. The summed E-state index contributed by atoms with van der Waals surface area (Å²) in [6.45, 7) is -0.0998. The zero-order valence-electron chi connectivity index (χ0n) is 13.4. The van der Waals surface area contributed by atoms with Gasteiger partial charge >= 0.3 is 0 Å². The fourth-order valence-electron chi connectivity index (χ4n) is 2.33. The third-order valence-corrected chi connectivity index (χ3v) is 3.50. The van der Waals surface area contributed by atoms with E-state index < -0.39 is 0 Å². The first-order valence-corrected chi connectivity index (χ1v) is 7.77. The molecule has 3 aromatic rings. The number of nitrogens with zero attached hydrogens (tertiary/aromatic N) is 3. The Labute approximate surface area is 144 Å². The summed E-state index contributed by atoms with van der Waals surface area (Å²) < 4.78 is 1.56. The van der Waals surface area contributed by atoms with Crippen LogP contribution in [-0.2, 0) is 16.0 Å². The van der Waals surface area contributed by atoms with Crippen LogP contribution in [0.4, 0.5) is 5.69 Å². The maximum absolute atomic E-state index is 12.1. The maximum Gasteiger partial charge on any atom is 0.243 e. The summed E-state index contributed by atoms with van der Waals surface area (Å²) in [5.74, 6) is -0.514. The molecule has 2 amide bonds. The van der Waals surface area contributed by atoms with E-state index >= 15 is 0 Å². The lowest BCUT2D eigenvalue weighted by atomic mass is 10.1. The van der Waals surface area contributed by atoms with Crippen LogP contribution >= 0.6 is 0 Å². The van der Waals surface area contributed by atoms with Gasteiger partial charge in [0, 0.05) is 0 Å². The van der Waals surface area contributed by atoms with Crippen molar-refractivity contribution >= 4 is 17.5 Å². The van der Waals surface area contributed by atoms with Crippen molar-refractivity contribution in [2.45, 2.75) is 6.42 Å². The van der Waals surface area contributed by atoms with E-state index in [-0.39, 0.29) is 24.8 Å². The predicted molar refractivity (Wildman–Crippen MR) is 93.1 cm³/mol. The normalized spacial score (nSPS) is 10.2. The standard InChI is InChI=1S/C18H17N5O2/c24-17(10-14-6-2-1-3-7-14)20-11-18(25)22-15-8-4-5-9-16(15)23-13-19-12-21-23/h1-9,12-13H,10-11H2,(H,20,24)(H,22,25). The summed E-state index contributed by atoms with van der Waals surface area (Å²) in [5.41, 5.74) is 2.19. The van der Waals surface area contributed by atoms with Crippen molar-refractivity contribution in [2.24, 2.45) is 0 Å². The van der Waals surface area contributed by atoms with E-state index in [1.165, 1.54) is 6.33 Å². The lowest BCUT2D eigenvalue weighted by Crippen LogP contribution is -2.34. The number of hydrogen-bond acceptors (Lipinski definition) is 4. The number of rotatable bonds is 6. The molecular weight excluding hydrogens is 318 g/mol. The fraction of sp³-hybridized carbons (Fsp3) is 0.111. The lowest BCUT2D eigenvalue weighted by Gasteiger charge is -2.11. The van der Waals surface area contributed by atoms with Crippen molar-refractivity contribution in [2.75, 3.05) is 11.9 Å². The van der Waals surface area contributed by atoms with Crippen LogP contribution in [0.15, 0.2) is 67.3 Å². The Morgan fingerprint density at radius 3 is 2.48 bits per heavy atom. The third kappa shape index (κ3) is 4.51.